The SMILES string of the molecule is C[C@H](C(=O)NC(N)=O)N(C)C[C@@H]1CCN(Cc2ccccc2)C1. The molecule has 1 saturated heterocycles. The Kier molecular flexibility index (Phi) is 6.12. The number of carbonyl (C=O) groups excluding carboxylic acids is 2. The number of benzene rings is 1. The maximum absolute atomic E-state index is 11.8. The van der Waals surface area contributed by atoms with Gasteiger partial charge >= 0.3 is 6.03 Å². The second-order valence-corrected chi connectivity index (χ2v) is 6.34. The number of likely N-dealkylation sites (tertiary alicyclic amines) is 1. The van der Waals surface area contributed by atoms with Gasteiger partial charge in [0.1, 0.15) is 0 Å². The third-order valence-corrected chi connectivity index (χ3v) is 4.45. The van der Waals surface area contributed by atoms with Crippen LogP contribution < -0.4 is 11.1 Å². The van der Waals surface area contributed by atoms with Crippen LogP contribution in [0.25, 0.3) is 0 Å². The number of amides is 3. The third-order valence-electron chi connectivity index (χ3n) is 4.45. The summed E-state index contributed by atoms with van der Waals surface area (Å²) >= 11 is 0. The summed E-state index contributed by atoms with van der Waals surface area (Å²) in [6.07, 6.45) is 1.13. The molecule has 23 heavy (non-hydrogen) atoms. The van der Waals surface area contributed by atoms with Crippen LogP contribution in [-0.2, 0) is 11.3 Å². The molecule has 3 N–H and O–H groups in total. The molecule has 3 amide bonds. The minimum atomic E-state index is -0.801. The lowest BCUT2D eigenvalue weighted by molar-refractivity contribution is -0.124. The highest BCUT2D eigenvalue weighted by Crippen LogP contribution is 2.20. The lowest BCUT2D eigenvalue weighted by atomic mass is 10.1. The van der Waals surface area contributed by atoms with Crippen molar-refractivity contribution in [2.24, 2.45) is 11.7 Å². The van der Waals surface area contributed by atoms with E-state index in [1.807, 2.05) is 18.0 Å². The molecule has 1 aromatic carbocycles. The Balaban J connectivity index is 1.78. The van der Waals surface area contributed by atoms with Crippen LogP contribution >= 0.6 is 0 Å². The summed E-state index contributed by atoms with van der Waals surface area (Å²) in [6.45, 7) is 5.70. The van der Waals surface area contributed by atoms with Crippen LogP contribution in [0.3, 0.4) is 0 Å². The normalized spacial score (nSPS) is 19.7. The Morgan fingerprint density at radius 3 is 2.74 bits per heavy atom. The predicted octanol–water partition coefficient (Wildman–Crippen LogP) is 1.02. The van der Waals surface area contributed by atoms with E-state index in [2.05, 4.69) is 34.5 Å². The first-order valence-electron chi connectivity index (χ1n) is 8.02. The van der Waals surface area contributed by atoms with Crippen molar-refractivity contribution in [1.82, 2.24) is 15.1 Å². The van der Waals surface area contributed by atoms with Crippen molar-refractivity contribution in [1.29, 1.82) is 0 Å². The van der Waals surface area contributed by atoms with Gasteiger partial charge in [0.05, 0.1) is 6.04 Å². The van der Waals surface area contributed by atoms with Crippen molar-refractivity contribution in [3.63, 3.8) is 0 Å². The molecule has 1 fully saturated rings. The number of urea groups is 1. The van der Waals surface area contributed by atoms with Crippen LogP contribution in [0.2, 0.25) is 0 Å². The largest absolute Gasteiger partial charge is 0.351 e. The van der Waals surface area contributed by atoms with Gasteiger partial charge in [0.15, 0.2) is 0 Å². The molecule has 1 aromatic rings. The fourth-order valence-corrected chi connectivity index (χ4v) is 3.04. The molecule has 1 aliphatic rings. The van der Waals surface area contributed by atoms with Crippen LogP contribution in [0.15, 0.2) is 30.3 Å². The van der Waals surface area contributed by atoms with Crippen molar-refractivity contribution >= 4 is 11.9 Å². The Hall–Kier alpha value is -1.92. The highest BCUT2D eigenvalue weighted by molar-refractivity contribution is 5.96. The second-order valence-electron chi connectivity index (χ2n) is 6.34. The van der Waals surface area contributed by atoms with E-state index in [4.69, 9.17) is 5.73 Å². The van der Waals surface area contributed by atoms with Gasteiger partial charge in [-0.3, -0.25) is 19.9 Å². The van der Waals surface area contributed by atoms with Gasteiger partial charge in [0.2, 0.25) is 5.91 Å². The van der Waals surface area contributed by atoms with Crippen molar-refractivity contribution in [2.45, 2.75) is 25.9 Å². The van der Waals surface area contributed by atoms with Gasteiger partial charge in [-0.15, -0.1) is 0 Å². The van der Waals surface area contributed by atoms with Crippen molar-refractivity contribution < 1.29 is 9.59 Å². The van der Waals surface area contributed by atoms with E-state index in [0.717, 1.165) is 32.6 Å². The lowest BCUT2D eigenvalue weighted by Gasteiger charge is -2.26. The topological polar surface area (TPSA) is 78.7 Å². The van der Waals surface area contributed by atoms with E-state index in [0.29, 0.717) is 5.92 Å². The first kappa shape index (κ1) is 17.4. The highest BCUT2D eigenvalue weighted by atomic mass is 16.2. The van der Waals surface area contributed by atoms with E-state index >= 15 is 0 Å². The maximum Gasteiger partial charge on any atom is 0.318 e. The van der Waals surface area contributed by atoms with Crippen LogP contribution in [0.4, 0.5) is 4.79 Å². The summed E-state index contributed by atoms with van der Waals surface area (Å²) < 4.78 is 0. The zero-order valence-corrected chi connectivity index (χ0v) is 13.9. The lowest BCUT2D eigenvalue weighted by Crippen LogP contribution is -2.48. The van der Waals surface area contributed by atoms with Gasteiger partial charge in [0.25, 0.3) is 0 Å². The molecule has 0 unspecified atom stereocenters. The number of hydrogen-bond acceptors (Lipinski definition) is 4. The molecule has 2 atom stereocenters. The quantitative estimate of drug-likeness (QED) is 0.821. The van der Waals surface area contributed by atoms with E-state index in [-0.39, 0.29) is 11.9 Å². The zero-order valence-electron chi connectivity index (χ0n) is 13.9. The number of carbonyl (C=O) groups is 2. The van der Waals surface area contributed by atoms with E-state index in [9.17, 15) is 9.59 Å². The summed E-state index contributed by atoms with van der Waals surface area (Å²) in [5.41, 5.74) is 6.32. The number of nitrogens with two attached hydrogens (primary N) is 1. The summed E-state index contributed by atoms with van der Waals surface area (Å²) in [6, 6.07) is 9.29. The molecular formula is C17H26N4O2. The molecule has 0 aromatic heterocycles. The van der Waals surface area contributed by atoms with E-state index < -0.39 is 6.03 Å². The molecule has 1 heterocycles. The summed E-state index contributed by atoms with van der Waals surface area (Å²) in [5, 5.41) is 2.14. The fourth-order valence-electron chi connectivity index (χ4n) is 3.04. The molecule has 126 valence electrons. The number of imide groups is 1. The summed E-state index contributed by atoms with van der Waals surface area (Å²) in [7, 11) is 1.91. The van der Waals surface area contributed by atoms with Gasteiger partial charge in [-0.05, 0) is 38.4 Å². The second kappa shape index (κ2) is 8.08. The smallest absolute Gasteiger partial charge is 0.318 e. The van der Waals surface area contributed by atoms with E-state index in [1.165, 1.54) is 5.56 Å². The fraction of sp³-hybridized carbons (Fsp3) is 0.529. The van der Waals surface area contributed by atoms with Crippen molar-refractivity contribution in [2.75, 3.05) is 26.7 Å². The molecular weight excluding hydrogens is 292 g/mol. The number of primary amides is 1. The van der Waals surface area contributed by atoms with Crippen molar-refractivity contribution in [3.8, 4) is 0 Å². The van der Waals surface area contributed by atoms with Gasteiger partial charge in [0, 0.05) is 19.6 Å². The molecule has 1 aliphatic heterocycles. The molecule has 6 heteroatoms. The zero-order chi connectivity index (χ0) is 16.8. The molecule has 0 spiro atoms. The van der Waals surface area contributed by atoms with Gasteiger partial charge in [-0.1, -0.05) is 30.3 Å². The van der Waals surface area contributed by atoms with Crippen LogP contribution in [0.1, 0.15) is 18.9 Å². The molecule has 0 bridgehead atoms. The average molecular weight is 318 g/mol. The summed E-state index contributed by atoms with van der Waals surface area (Å²) in [4.78, 5) is 27.0. The van der Waals surface area contributed by atoms with Gasteiger partial charge in [-0.25, -0.2) is 4.79 Å². The number of rotatable bonds is 6. The monoisotopic (exact) mass is 318 g/mol. The maximum atomic E-state index is 11.8. The Labute approximate surface area is 137 Å². The van der Waals surface area contributed by atoms with Gasteiger partial charge in [-0.2, -0.15) is 0 Å². The predicted molar refractivity (Wildman–Crippen MR) is 89.6 cm³/mol. The number of nitrogens with zero attached hydrogens (tertiary/aromatic N) is 2. The minimum Gasteiger partial charge on any atom is -0.351 e. The average Bonchev–Trinajstić information content (AvgIpc) is 2.93. The molecule has 6 nitrogen and oxygen atoms in total. The first-order chi connectivity index (χ1) is 11.0. The molecule has 2 rings (SSSR count). The molecule has 0 aliphatic carbocycles. The Morgan fingerprint density at radius 1 is 1.39 bits per heavy atom. The summed E-state index contributed by atoms with van der Waals surface area (Å²) in [5.74, 6) is 0.187. The first-order valence-corrected chi connectivity index (χ1v) is 8.02. The van der Waals surface area contributed by atoms with Crippen LogP contribution in [-0.4, -0.2) is 54.5 Å². The van der Waals surface area contributed by atoms with Gasteiger partial charge < -0.3 is 5.73 Å². The highest BCUT2D eigenvalue weighted by Gasteiger charge is 2.27. The Morgan fingerprint density at radius 2 is 2.09 bits per heavy atom. The Bertz CT molecular complexity index is 535. The van der Waals surface area contributed by atoms with Crippen LogP contribution in [0.5, 0.6) is 0 Å². The van der Waals surface area contributed by atoms with E-state index in [1.54, 1.807) is 6.92 Å². The number of nitrogens with one attached hydrogen (secondary N) is 1. The number of hydrogen-bond donors (Lipinski definition) is 2. The van der Waals surface area contributed by atoms with Crippen molar-refractivity contribution in [3.05, 3.63) is 35.9 Å². The standard InChI is InChI=1S/C17H26N4O2/c1-13(16(22)19-17(18)23)20(2)10-15-8-9-21(12-15)11-14-6-4-3-5-7-14/h3-7,13,15H,8-12H2,1-2H3,(H3,18,19,22,23)/t13-,15+/m1/s1. The van der Waals surface area contributed by atoms with Crippen LogP contribution in [0, 0.1) is 5.92 Å². The molecule has 0 radical (unpaired) electrons. The number of likely N-dealkylation sites (N-methyl/N-ethyl adjacent to an activating group) is 1. The third kappa shape index (κ3) is 5.33. The minimum absolute atomic E-state index is 0.348. The molecule has 0 saturated carbocycles.